The Kier molecular flexibility index (Phi) is 11.6. The number of unbranched alkanes of at least 4 members (excludes halogenated alkanes) is 2. The van der Waals surface area contributed by atoms with Gasteiger partial charge in [-0.15, -0.1) is 0 Å². The summed E-state index contributed by atoms with van der Waals surface area (Å²) < 4.78 is 17.0. The van der Waals surface area contributed by atoms with Crippen LogP contribution in [0.5, 0.6) is 17.2 Å². The zero-order valence-electron chi connectivity index (χ0n) is 26.6. The lowest BCUT2D eigenvalue weighted by molar-refractivity contribution is -0.142. The smallest absolute Gasteiger partial charge is 0.330 e. The van der Waals surface area contributed by atoms with Crippen LogP contribution in [-0.4, -0.2) is 50.8 Å². The van der Waals surface area contributed by atoms with Gasteiger partial charge in [0.1, 0.15) is 0 Å². The first kappa shape index (κ1) is 33.8. The summed E-state index contributed by atoms with van der Waals surface area (Å²) in [5.41, 5.74) is 3.84. The van der Waals surface area contributed by atoms with E-state index in [0.29, 0.717) is 72.7 Å². The quantitative estimate of drug-likeness (QED) is 0.184. The number of hydrogen-bond donors (Lipinski definition) is 4. The van der Waals surface area contributed by atoms with Crippen LogP contribution in [0.25, 0.3) is 11.1 Å². The Morgan fingerprint density at radius 1 is 0.935 bits per heavy atom. The number of ether oxygens (including phenoxy) is 3. The van der Waals surface area contributed by atoms with Gasteiger partial charge in [0.05, 0.1) is 33.1 Å². The van der Waals surface area contributed by atoms with Crippen molar-refractivity contribution in [1.82, 2.24) is 10.6 Å². The molecule has 0 saturated carbocycles. The molecule has 0 fully saturated rings. The van der Waals surface area contributed by atoms with Gasteiger partial charge in [-0.05, 0) is 66.1 Å². The SMILES string of the molecule is COc1cc2c(c(OC)c1OC)-c1ccc(NCCCCCC(=O)N[C@H](C(=O)O)c3ccccc3)c(=O)cc1[C@@H](NC(C)=O)CC2. The summed E-state index contributed by atoms with van der Waals surface area (Å²) >= 11 is 0. The van der Waals surface area contributed by atoms with E-state index in [1.807, 2.05) is 12.1 Å². The summed E-state index contributed by atoms with van der Waals surface area (Å²) in [6.07, 6.45) is 3.32. The molecule has 0 saturated heterocycles. The molecule has 0 radical (unpaired) electrons. The number of hydrogen-bond acceptors (Lipinski definition) is 8. The van der Waals surface area contributed by atoms with Crippen molar-refractivity contribution in [2.75, 3.05) is 33.2 Å². The molecule has 0 aromatic heterocycles. The third-order valence-electron chi connectivity index (χ3n) is 8.00. The Hall–Kier alpha value is -5.06. The van der Waals surface area contributed by atoms with Crippen molar-refractivity contribution < 1.29 is 33.7 Å². The predicted molar refractivity (Wildman–Crippen MR) is 175 cm³/mol. The highest BCUT2D eigenvalue weighted by Gasteiger charge is 2.29. The average Bonchev–Trinajstić information content (AvgIpc) is 3.28. The number of aryl methyl sites for hydroxylation is 1. The normalized spacial score (nSPS) is 14.0. The highest BCUT2D eigenvalue weighted by molar-refractivity contribution is 5.85. The fourth-order valence-corrected chi connectivity index (χ4v) is 5.83. The van der Waals surface area contributed by atoms with Crippen LogP contribution in [-0.2, 0) is 20.8 Å². The van der Waals surface area contributed by atoms with E-state index in [4.69, 9.17) is 14.2 Å². The molecule has 0 bridgehead atoms. The highest BCUT2D eigenvalue weighted by atomic mass is 16.5. The first-order chi connectivity index (χ1) is 22.2. The number of anilines is 1. The van der Waals surface area contributed by atoms with Gasteiger partial charge < -0.3 is 35.3 Å². The minimum atomic E-state index is -1.12. The van der Waals surface area contributed by atoms with Gasteiger partial charge >= 0.3 is 5.97 Å². The maximum absolute atomic E-state index is 13.5. The third kappa shape index (κ3) is 7.96. The molecule has 2 amide bonds. The lowest BCUT2D eigenvalue weighted by atomic mass is 9.95. The summed E-state index contributed by atoms with van der Waals surface area (Å²) in [6.45, 7) is 1.95. The molecule has 0 unspecified atom stereocenters. The summed E-state index contributed by atoms with van der Waals surface area (Å²) in [5.74, 6) is -0.200. The van der Waals surface area contributed by atoms with Crippen LogP contribution < -0.4 is 35.6 Å². The van der Waals surface area contributed by atoms with Crippen molar-refractivity contribution >= 4 is 23.5 Å². The van der Waals surface area contributed by atoms with Crippen molar-refractivity contribution in [2.45, 2.75) is 57.5 Å². The molecule has 1 aliphatic carbocycles. The van der Waals surface area contributed by atoms with Crippen molar-refractivity contribution in [2.24, 2.45) is 0 Å². The van der Waals surface area contributed by atoms with E-state index < -0.39 is 18.1 Å². The summed E-state index contributed by atoms with van der Waals surface area (Å²) in [6, 6.07) is 14.2. The molecule has 0 aliphatic heterocycles. The second kappa shape index (κ2) is 15.8. The number of aliphatic carboxylic acids is 1. The van der Waals surface area contributed by atoms with E-state index in [1.54, 1.807) is 56.7 Å². The summed E-state index contributed by atoms with van der Waals surface area (Å²) in [4.78, 5) is 49.7. The number of carboxylic acids is 1. The fraction of sp³-hybridized carbons (Fsp3) is 0.371. The topological polar surface area (TPSA) is 152 Å². The molecule has 3 aromatic carbocycles. The Bertz CT molecular complexity index is 1630. The number of carboxylic acid groups (broad SMARTS) is 1. The maximum atomic E-state index is 13.5. The molecule has 4 rings (SSSR count). The van der Waals surface area contributed by atoms with Gasteiger partial charge in [0.25, 0.3) is 0 Å². The number of amides is 2. The molecule has 3 aromatic rings. The number of rotatable bonds is 14. The van der Waals surface area contributed by atoms with E-state index in [2.05, 4.69) is 16.0 Å². The minimum absolute atomic E-state index is 0.191. The molecule has 46 heavy (non-hydrogen) atoms. The zero-order valence-corrected chi connectivity index (χ0v) is 26.6. The van der Waals surface area contributed by atoms with Gasteiger partial charge in [0.15, 0.2) is 17.5 Å². The van der Waals surface area contributed by atoms with Crippen molar-refractivity contribution in [3.8, 4) is 28.4 Å². The van der Waals surface area contributed by atoms with Gasteiger partial charge in [0.2, 0.25) is 23.0 Å². The average molecular weight is 632 g/mol. The van der Waals surface area contributed by atoms with Crippen LogP contribution in [0.15, 0.2) is 59.4 Å². The number of nitrogens with one attached hydrogen (secondary N) is 3. The second-order valence-corrected chi connectivity index (χ2v) is 11.1. The molecule has 2 atom stereocenters. The van der Waals surface area contributed by atoms with Gasteiger partial charge in [-0.25, -0.2) is 4.79 Å². The lowest BCUT2D eigenvalue weighted by Crippen LogP contribution is -2.33. The van der Waals surface area contributed by atoms with E-state index in [0.717, 1.165) is 16.7 Å². The Morgan fingerprint density at radius 2 is 1.67 bits per heavy atom. The molecule has 11 heteroatoms. The van der Waals surface area contributed by atoms with Crippen molar-refractivity contribution in [1.29, 1.82) is 0 Å². The zero-order chi connectivity index (χ0) is 33.2. The van der Waals surface area contributed by atoms with Crippen molar-refractivity contribution in [3.63, 3.8) is 0 Å². The predicted octanol–water partition coefficient (Wildman–Crippen LogP) is 4.78. The lowest BCUT2D eigenvalue weighted by Gasteiger charge is -2.19. The van der Waals surface area contributed by atoms with Crippen LogP contribution in [0.3, 0.4) is 0 Å². The molecule has 11 nitrogen and oxygen atoms in total. The Balaban J connectivity index is 1.48. The Labute approximate surface area is 268 Å². The minimum Gasteiger partial charge on any atom is -0.493 e. The molecule has 0 spiro atoms. The molecule has 0 heterocycles. The third-order valence-corrected chi connectivity index (χ3v) is 8.00. The van der Waals surface area contributed by atoms with Gasteiger partial charge in [-0.3, -0.25) is 14.4 Å². The molecule has 4 N–H and O–H groups in total. The highest BCUT2D eigenvalue weighted by Crippen LogP contribution is 2.50. The van der Waals surface area contributed by atoms with E-state index in [1.165, 1.54) is 14.0 Å². The molecule has 244 valence electrons. The van der Waals surface area contributed by atoms with Crippen LogP contribution in [0, 0.1) is 0 Å². The van der Waals surface area contributed by atoms with Gasteiger partial charge in [-0.2, -0.15) is 0 Å². The monoisotopic (exact) mass is 631 g/mol. The summed E-state index contributed by atoms with van der Waals surface area (Å²) in [5, 5.41) is 18.4. The summed E-state index contributed by atoms with van der Waals surface area (Å²) in [7, 11) is 4.66. The van der Waals surface area contributed by atoms with Crippen LogP contribution in [0.4, 0.5) is 5.69 Å². The van der Waals surface area contributed by atoms with E-state index >= 15 is 0 Å². The molecular weight excluding hydrogens is 590 g/mol. The fourth-order valence-electron chi connectivity index (χ4n) is 5.83. The number of carbonyl (C=O) groups is 3. The maximum Gasteiger partial charge on any atom is 0.330 e. The largest absolute Gasteiger partial charge is 0.493 e. The number of benzene rings is 2. The van der Waals surface area contributed by atoms with Crippen LogP contribution in [0.1, 0.15) is 67.8 Å². The first-order valence-corrected chi connectivity index (χ1v) is 15.3. The molecular formula is C35H41N3O8. The number of carbonyl (C=O) groups excluding carboxylic acids is 2. The van der Waals surface area contributed by atoms with Gasteiger partial charge in [0, 0.05) is 25.5 Å². The standard InChI is InChI=1S/C35H41N3O8/c1-21(39)37-26-16-14-23-19-29(44-2)33(45-3)34(46-4)31(23)24-15-17-27(28(40)20-25(24)26)36-18-10-6-9-13-30(41)38-32(35(42)43)22-11-7-5-8-12-22/h5,7-8,11-12,15,17,19-20,26,32H,6,9-10,13-14,16,18H2,1-4H3,(H,36,40)(H,37,39)(H,38,41)(H,42,43)/t26-,32-/m0/s1. The van der Waals surface area contributed by atoms with Crippen LogP contribution >= 0.6 is 0 Å². The van der Waals surface area contributed by atoms with Crippen molar-refractivity contribution in [3.05, 3.63) is 81.5 Å². The second-order valence-electron chi connectivity index (χ2n) is 11.1. The Morgan fingerprint density at radius 3 is 2.33 bits per heavy atom. The van der Waals surface area contributed by atoms with E-state index in [-0.39, 0.29) is 23.7 Å². The van der Waals surface area contributed by atoms with E-state index in [9.17, 15) is 24.3 Å². The van der Waals surface area contributed by atoms with Crippen LogP contribution in [0.2, 0.25) is 0 Å². The van der Waals surface area contributed by atoms with Gasteiger partial charge in [-0.1, -0.05) is 42.8 Å². The number of fused-ring (bicyclic) bond motifs is 3. The number of methoxy groups -OCH3 is 3. The first-order valence-electron chi connectivity index (χ1n) is 15.3. The molecule has 1 aliphatic rings.